The predicted octanol–water partition coefficient (Wildman–Crippen LogP) is 5.62. The molecule has 0 spiro atoms. The third-order valence-corrected chi connectivity index (χ3v) is 6.98. The molecule has 0 bridgehead atoms. The Morgan fingerprint density at radius 2 is 1.69 bits per heavy atom. The van der Waals surface area contributed by atoms with Gasteiger partial charge < -0.3 is 24.4 Å². The molecule has 0 fully saturated rings. The van der Waals surface area contributed by atoms with E-state index in [1.807, 2.05) is 36.4 Å². The van der Waals surface area contributed by atoms with Crippen molar-refractivity contribution >= 4 is 5.97 Å². The molecular formula is C34H34N2O6. The summed E-state index contributed by atoms with van der Waals surface area (Å²) in [6.07, 6.45) is -1.12. The SMILES string of the molecule is COc1cc(OCc2cccc(-c3ccccc3)c2C)cc(OCc2cccc(C#N)c2)c1CN[C@@H](C(=O)O)[C@H](C)O. The number of hydrogen-bond donors (Lipinski definition) is 3. The van der Waals surface area contributed by atoms with Crippen molar-refractivity contribution in [3.63, 3.8) is 0 Å². The third-order valence-electron chi connectivity index (χ3n) is 6.98. The van der Waals surface area contributed by atoms with E-state index >= 15 is 0 Å². The smallest absolute Gasteiger partial charge is 0.323 e. The molecule has 0 aliphatic rings. The number of carboxylic acid groups (broad SMARTS) is 1. The molecule has 4 rings (SSSR count). The van der Waals surface area contributed by atoms with E-state index < -0.39 is 18.1 Å². The summed E-state index contributed by atoms with van der Waals surface area (Å²) in [7, 11) is 1.51. The highest BCUT2D eigenvalue weighted by Gasteiger charge is 2.24. The lowest BCUT2D eigenvalue weighted by molar-refractivity contribution is -0.142. The molecule has 42 heavy (non-hydrogen) atoms. The Labute approximate surface area is 245 Å². The predicted molar refractivity (Wildman–Crippen MR) is 159 cm³/mol. The van der Waals surface area contributed by atoms with Crippen LogP contribution in [-0.4, -0.2) is 35.4 Å². The quantitative estimate of drug-likeness (QED) is 0.191. The van der Waals surface area contributed by atoms with Gasteiger partial charge in [-0.2, -0.15) is 5.26 Å². The molecule has 8 heteroatoms. The molecule has 3 N–H and O–H groups in total. The Morgan fingerprint density at radius 1 is 0.952 bits per heavy atom. The van der Waals surface area contributed by atoms with Crippen LogP contribution < -0.4 is 19.5 Å². The topological polar surface area (TPSA) is 121 Å². The number of aliphatic carboxylic acids is 1. The van der Waals surface area contributed by atoms with Crippen molar-refractivity contribution in [2.24, 2.45) is 0 Å². The number of carboxylic acids is 1. The van der Waals surface area contributed by atoms with Gasteiger partial charge in [-0.3, -0.25) is 10.1 Å². The Morgan fingerprint density at radius 3 is 2.38 bits per heavy atom. The van der Waals surface area contributed by atoms with Gasteiger partial charge in [0.2, 0.25) is 0 Å². The van der Waals surface area contributed by atoms with Gasteiger partial charge >= 0.3 is 5.97 Å². The fraction of sp³-hybridized carbons (Fsp3) is 0.235. The molecule has 0 radical (unpaired) electrons. The van der Waals surface area contributed by atoms with Crippen molar-refractivity contribution in [1.29, 1.82) is 5.26 Å². The third kappa shape index (κ3) is 7.46. The number of hydrogen-bond acceptors (Lipinski definition) is 7. The van der Waals surface area contributed by atoms with Crippen LogP contribution >= 0.6 is 0 Å². The second kappa shape index (κ2) is 14.2. The van der Waals surface area contributed by atoms with Crippen molar-refractivity contribution in [3.8, 4) is 34.4 Å². The molecular weight excluding hydrogens is 532 g/mol. The molecule has 4 aromatic rings. The number of nitrogens with one attached hydrogen (secondary N) is 1. The zero-order valence-corrected chi connectivity index (χ0v) is 23.8. The van der Waals surface area contributed by atoms with Crippen LogP contribution in [-0.2, 0) is 24.6 Å². The molecule has 0 saturated carbocycles. The summed E-state index contributed by atoms with van der Waals surface area (Å²) in [5.41, 5.74) is 6.27. The largest absolute Gasteiger partial charge is 0.496 e. The number of carbonyl (C=O) groups is 1. The van der Waals surface area contributed by atoms with Crippen molar-refractivity contribution in [1.82, 2.24) is 5.32 Å². The van der Waals surface area contributed by atoms with Crippen molar-refractivity contribution in [2.45, 2.75) is 45.8 Å². The summed E-state index contributed by atoms with van der Waals surface area (Å²) >= 11 is 0. The van der Waals surface area contributed by atoms with Gasteiger partial charge in [-0.05, 0) is 53.8 Å². The Hall–Kier alpha value is -4.84. The average molecular weight is 567 g/mol. The Balaban J connectivity index is 1.62. The first kappa shape index (κ1) is 30.1. The van der Waals surface area contributed by atoms with E-state index in [2.05, 4.69) is 36.5 Å². The minimum absolute atomic E-state index is 0.0527. The Kier molecular flexibility index (Phi) is 10.2. The Bertz CT molecular complexity index is 1560. The average Bonchev–Trinajstić information content (AvgIpc) is 3.00. The van der Waals surface area contributed by atoms with E-state index in [0.717, 1.165) is 27.8 Å². The highest BCUT2D eigenvalue weighted by Crippen LogP contribution is 2.36. The van der Waals surface area contributed by atoms with Gasteiger partial charge in [0.1, 0.15) is 36.5 Å². The van der Waals surface area contributed by atoms with Crippen LogP contribution in [0, 0.1) is 18.3 Å². The van der Waals surface area contributed by atoms with Crippen LogP contribution in [0.1, 0.15) is 34.7 Å². The lowest BCUT2D eigenvalue weighted by Crippen LogP contribution is -2.44. The standard InChI is InChI=1S/C34H34N2O6/c1-22-27(13-8-14-29(22)26-11-5-4-6-12-26)21-41-28-16-31(40-3)30(19-36-33(23(2)37)34(38)39)32(17-28)42-20-25-10-7-9-24(15-25)18-35/h4-17,23,33,36-37H,19-21H2,1-3H3,(H,38,39)/t23-,33+/m0/s1. The highest BCUT2D eigenvalue weighted by molar-refractivity contribution is 5.74. The van der Waals surface area contributed by atoms with Gasteiger partial charge in [0.25, 0.3) is 0 Å². The van der Waals surface area contributed by atoms with Crippen LogP contribution in [0.5, 0.6) is 17.2 Å². The number of rotatable bonds is 13. The summed E-state index contributed by atoms with van der Waals surface area (Å²) in [5, 5.41) is 31.6. The molecule has 0 heterocycles. The lowest BCUT2D eigenvalue weighted by atomic mass is 9.97. The lowest BCUT2D eigenvalue weighted by Gasteiger charge is -2.21. The minimum atomic E-state index is -1.19. The van der Waals surface area contributed by atoms with Gasteiger partial charge in [0.15, 0.2) is 0 Å². The molecule has 0 saturated heterocycles. The monoisotopic (exact) mass is 566 g/mol. The van der Waals surface area contributed by atoms with E-state index in [1.54, 1.807) is 30.3 Å². The molecule has 216 valence electrons. The van der Waals surface area contributed by atoms with Gasteiger partial charge in [-0.15, -0.1) is 0 Å². The number of benzene rings is 4. The summed E-state index contributed by atoms with van der Waals surface area (Å²) < 4.78 is 18.1. The van der Waals surface area contributed by atoms with Crippen molar-refractivity contribution < 1.29 is 29.2 Å². The zero-order chi connectivity index (χ0) is 30.1. The van der Waals surface area contributed by atoms with Gasteiger partial charge in [0.05, 0.1) is 30.4 Å². The van der Waals surface area contributed by atoms with E-state index in [4.69, 9.17) is 14.2 Å². The number of nitrogens with zero attached hydrogens (tertiary/aromatic N) is 1. The van der Waals surface area contributed by atoms with Crippen LogP contribution in [0.3, 0.4) is 0 Å². The molecule has 0 unspecified atom stereocenters. The number of aliphatic hydroxyl groups is 1. The molecule has 8 nitrogen and oxygen atoms in total. The first-order valence-corrected chi connectivity index (χ1v) is 13.5. The summed E-state index contributed by atoms with van der Waals surface area (Å²) in [6, 6.07) is 27.8. The minimum Gasteiger partial charge on any atom is -0.496 e. The van der Waals surface area contributed by atoms with Crippen molar-refractivity contribution in [3.05, 3.63) is 113 Å². The molecule has 0 aliphatic heterocycles. The number of methoxy groups -OCH3 is 1. The molecule has 0 aliphatic carbocycles. The van der Waals surface area contributed by atoms with Gasteiger partial charge in [-0.25, -0.2) is 0 Å². The fourth-order valence-corrected chi connectivity index (χ4v) is 4.66. The maximum atomic E-state index is 11.7. The first-order chi connectivity index (χ1) is 20.3. The van der Waals surface area contributed by atoms with Crippen LogP contribution in [0.4, 0.5) is 0 Å². The van der Waals surface area contributed by atoms with E-state index in [1.165, 1.54) is 14.0 Å². The number of ether oxygens (including phenoxy) is 3. The summed E-state index contributed by atoms with van der Waals surface area (Å²) in [6.45, 7) is 4.00. The second-order valence-corrected chi connectivity index (χ2v) is 9.88. The molecule has 0 aromatic heterocycles. The van der Waals surface area contributed by atoms with E-state index in [0.29, 0.717) is 35.0 Å². The van der Waals surface area contributed by atoms with Gasteiger partial charge in [-0.1, -0.05) is 60.7 Å². The van der Waals surface area contributed by atoms with Crippen LogP contribution in [0.25, 0.3) is 11.1 Å². The highest BCUT2D eigenvalue weighted by atomic mass is 16.5. The fourth-order valence-electron chi connectivity index (χ4n) is 4.66. The zero-order valence-electron chi connectivity index (χ0n) is 23.8. The molecule has 2 atom stereocenters. The second-order valence-electron chi connectivity index (χ2n) is 9.88. The molecule has 0 amide bonds. The normalized spacial score (nSPS) is 12.2. The summed E-state index contributed by atoms with van der Waals surface area (Å²) in [4.78, 5) is 11.7. The summed E-state index contributed by atoms with van der Waals surface area (Å²) in [5.74, 6) is 0.188. The van der Waals surface area contributed by atoms with Crippen LogP contribution in [0.15, 0.2) is 84.9 Å². The van der Waals surface area contributed by atoms with Gasteiger partial charge in [0, 0.05) is 18.7 Å². The van der Waals surface area contributed by atoms with E-state index in [9.17, 15) is 20.3 Å². The van der Waals surface area contributed by atoms with Crippen LogP contribution in [0.2, 0.25) is 0 Å². The maximum Gasteiger partial charge on any atom is 0.323 e. The molecule has 4 aromatic carbocycles. The maximum absolute atomic E-state index is 11.7. The first-order valence-electron chi connectivity index (χ1n) is 13.5. The van der Waals surface area contributed by atoms with Crippen molar-refractivity contribution in [2.75, 3.05) is 7.11 Å². The number of nitriles is 1. The number of aliphatic hydroxyl groups excluding tert-OH is 1. The van der Waals surface area contributed by atoms with E-state index in [-0.39, 0.29) is 13.2 Å².